The van der Waals surface area contributed by atoms with Gasteiger partial charge in [-0.25, -0.2) is 4.79 Å². The molecule has 0 aliphatic heterocycles. The van der Waals surface area contributed by atoms with Crippen LogP contribution in [0.3, 0.4) is 0 Å². The molecule has 1 saturated carbocycles. The molecule has 0 aromatic heterocycles. The fraction of sp³-hybridized carbons (Fsp3) is 0.385. The zero-order valence-electron chi connectivity index (χ0n) is 9.39. The summed E-state index contributed by atoms with van der Waals surface area (Å²) in [5, 5.41) is 9.10. The number of carbonyl (C=O) groups excluding carboxylic acids is 2. The maximum atomic E-state index is 11.7. The third-order valence-corrected chi connectivity index (χ3v) is 2.85. The molecule has 1 aliphatic rings. The number of hydrogen-bond donors (Lipinski definition) is 1. The summed E-state index contributed by atoms with van der Waals surface area (Å²) in [5.74, 6) is -0.413. The first-order valence-corrected chi connectivity index (χ1v) is 5.69. The first-order valence-electron chi connectivity index (χ1n) is 5.69. The zero-order chi connectivity index (χ0) is 12.3. The van der Waals surface area contributed by atoms with Crippen molar-refractivity contribution in [3.8, 4) is 5.75 Å². The van der Waals surface area contributed by atoms with E-state index < -0.39 is 12.1 Å². The molecule has 90 valence electrons. The summed E-state index contributed by atoms with van der Waals surface area (Å²) in [6.07, 6.45) is 2.31. The number of Topliss-reactive ketones (excluding diaryl/α,β-unsaturated/α-hetero) is 1. The summed E-state index contributed by atoms with van der Waals surface area (Å²) in [7, 11) is 0. The zero-order valence-corrected chi connectivity index (χ0v) is 9.39. The van der Waals surface area contributed by atoms with Crippen molar-refractivity contribution in [1.29, 1.82) is 0 Å². The normalized spacial score (nSPS) is 20.0. The Hall–Kier alpha value is -1.84. The molecule has 4 nitrogen and oxygen atoms in total. The lowest BCUT2D eigenvalue weighted by atomic mass is 9.96. The molecule has 0 bridgehead atoms. The SMILES string of the molecule is O=C(OC1CCCCC1=O)c1ccc(O)cc1. The summed E-state index contributed by atoms with van der Waals surface area (Å²) in [6, 6.07) is 5.79. The van der Waals surface area contributed by atoms with Gasteiger partial charge in [0.2, 0.25) is 0 Å². The number of aromatic hydroxyl groups is 1. The number of benzene rings is 1. The summed E-state index contributed by atoms with van der Waals surface area (Å²) >= 11 is 0. The lowest BCUT2D eigenvalue weighted by Crippen LogP contribution is -2.30. The standard InChI is InChI=1S/C13H14O4/c14-10-7-5-9(6-8-10)13(16)17-12-4-2-1-3-11(12)15/h5-8,12,14H,1-4H2. The maximum Gasteiger partial charge on any atom is 0.338 e. The van der Waals surface area contributed by atoms with Gasteiger partial charge in [-0.05, 0) is 43.5 Å². The Labute approximate surface area is 99.2 Å². The number of phenolic OH excluding ortho intramolecular Hbond substituents is 1. The lowest BCUT2D eigenvalue weighted by Gasteiger charge is -2.20. The predicted octanol–water partition coefficient (Wildman–Crippen LogP) is 2.06. The molecule has 4 heteroatoms. The topological polar surface area (TPSA) is 63.6 Å². The van der Waals surface area contributed by atoms with Crippen LogP contribution in [0.1, 0.15) is 36.0 Å². The van der Waals surface area contributed by atoms with Crippen molar-refractivity contribution >= 4 is 11.8 Å². The van der Waals surface area contributed by atoms with E-state index in [9.17, 15) is 9.59 Å². The van der Waals surface area contributed by atoms with Gasteiger partial charge in [-0.15, -0.1) is 0 Å². The number of hydrogen-bond acceptors (Lipinski definition) is 4. The quantitative estimate of drug-likeness (QED) is 0.795. The summed E-state index contributed by atoms with van der Waals surface area (Å²) in [6.45, 7) is 0. The van der Waals surface area contributed by atoms with E-state index in [0.717, 1.165) is 12.8 Å². The van der Waals surface area contributed by atoms with Crippen LogP contribution in [-0.2, 0) is 9.53 Å². The van der Waals surface area contributed by atoms with Crippen molar-refractivity contribution in [2.45, 2.75) is 31.8 Å². The van der Waals surface area contributed by atoms with Gasteiger partial charge in [0.15, 0.2) is 11.9 Å². The number of ketones is 1. The molecule has 1 unspecified atom stereocenters. The van der Waals surface area contributed by atoms with E-state index in [0.29, 0.717) is 18.4 Å². The Balaban J connectivity index is 2.01. The van der Waals surface area contributed by atoms with E-state index in [-0.39, 0.29) is 11.5 Å². The van der Waals surface area contributed by atoms with Crippen LogP contribution in [0.4, 0.5) is 0 Å². The third kappa shape index (κ3) is 2.84. The highest BCUT2D eigenvalue weighted by atomic mass is 16.5. The molecule has 1 aromatic carbocycles. The second-order valence-electron chi connectivity index (χ2n) is 4.15. The molecular weight excluding hydrogens is 220 g/mol. The molecule has 1 atom stereocenters. The van der Waals surface area contributed by atoms with Crippen molar-refractivity contribution in [3.63, 3.8) is 0 Å². The van der Waals surface area contributed by atoms with Crippen molar-refractivity contribution in [2.75, 3.05) is 0 Å². The van der Waals surface area contributed by atoms with Gasteiger partial charge in [0.1, 0.15) is 5.75 Å². The molecule has 1 fully saturated rings. The van der Waals surface area contributed by atoms with Gasteiger partial charge in [0, 0.05) is 6.42 Å². The van der Waals surface area contributed by atoms with Crippen LogP contribution in [0.25, 0.3) is 0 Å². The van der Waals surface area contributed by atoms with Crippen LogP contribution >= 0.6 is 0 Å². The Morgan fingerprint density at radius 1 is 1.24 bits per heavy atom. The first kappa shape index (κ1) is 11.6. The maximum absolute atomic E-state index is 11.7. The largest absolute Gasteiger partial charge is 0.508 e. The molecule has 17 heavy (non-hydrogen) atoms. The van der Waals surface area contributed by atoms with Gasteiger partial charge < -0.3 is 9.84 Å². The molecule has 2 rings (SSSR count). The predicted molar refractivity (Wildman–Crippen MR) is 60.8 cm³/mol. The summed E-state index contributed by atoms with van der Waals surface area (Å²) < 4.78 is 5.16. The Morgan fingerprint density at radius 2 is 1.94 bits per heavy atom. The minimum absolute atomic E-state index is 0.00313. The second-order valence-corrected chi connectivity index (χ2v) is 4.15. The minimum atomic E-state index is -0.593. The van der Waals surface area contributed by atoms with Crippen LogP contribution in [0.15, 0.2) is 24.3 Å². The fourth-order valence-corrected chi connectivity index (χ4v) is 1.87. The summed E-state index contributed by atoms with van der Waals surface area (Å²) in [4.78, 5) is 23.2. The Bertz CT molecular complexity index is 422. The van der Waals surface area contributed by atoms with Gasteiger partial charge in [-0.1, -0.05) is 0 Å². The third-order valence-electron chi connectivity index (χ3n) is 2.85. The van der Waals surface area contributed by atoms with Crippen molar-refractivity contribution < 1.29 is 19.4 Å². The molecule has 1 aromatic rings. The highest BCUT2D eigenvalue weighted by Gasteiger charge is 2.26. The van der Waals surface area contributed by atoms with E-state index in [2.05, 4.69) is 0 Å². The average Bonchev–Trinajstić information content (AvgIpc) is 2.33. The molecule has 1 aliphatic carbocycles. The molecule has 1 N–H and O–H groups in total. The van der Waals surface area contributed by atoms with Crippen molar-refractivity contribution in [2.24, 2.45) is 0 Å². The van der Waals surface area contributed by atoms with Crippen molar-refractivity contribution in [1.82, 2.24) is 0 Å². The molecule has 0 amide bonds. The molecule has 0 heterocycles. The average molecular weight is 234 g/mol. The highest BCUT2D eigenvalue weighted by molar-refractivity contribution is 5.93. The molecule has 0 saturated heterocycles. The minimum Gasteiger partial charge on any atom is -0.508 e. The Morgan fingerprint density at radius 3 is 2.59 bits per heavy atom. The fourth-order valence-electron chi connectivity index (χ4n) is 1.87. The van der Waals surface area contributed by atoms with Crippen LogP contribution in [0.2, 0.25) is 0 Å². The molecule has 0 spiro atoms. The molecular formula is C13H14O4. The highest BCUT2D eigenvalue weighted by Crippen LogP contribution is 2.19. The lowest BCUT2D eigenvalue weighted by molar-refractivity contribution is -0.129. The van der Waals surface area contributed by atoms with Gasteiger partial charge in [-0.2, -0.15) is 0 Å². The smallest absolute Gasteiger partial charge is 0.338 e. The van der Waals surface area contributed by atoms with Gasteiger partial charge in [-0.3, -0.25) is 4.79 Å². The van der Waals surface area contributed by atoms with E-state index in [1.54, 1.807) is 0 Å². The van der Waals surface area contributed by atoms with Crippen molar-refractivity contribution in [3.05, 3.63) is 29.8 Å². The van der Waals surface area contributed by atoms with E-state index >= 15 is 0 Å². The number of ether oxygens (including phenoxy) is 1. The second kappa shape index (κ2) is 4.99. The van der Waals surface area contributed by atoms with Gasteiger partial charge in [0.05, 0.1) is 5.56 Å². The van der Waals surface area contributed by atoms with Crippen LogP contribution in [-0.4, -0.2) is 23.0 Å². The monoisotopic (exact) mass is 234 g/mol. The van der Waals surface area contributed by atoms with Gasteiger partial charge >= 0.3 is 5.97 Å². The van der Waals surface area contributed by atoms with E-state index in [4.69, 9.17) is 9.84 Å². The Kier molecular flexibility index (Phi) is 3.42. The summed E-state index contributed by atoms with van der Waals surface area (Å²) in [5.41, 5.74) is 0.348. The molecule has 0 radical (unpaired) electrons. The van der Waals surface area contributed by atoms with Crippen LogP contribution in [0, 0.1) is 0 Å². The van der Waals surface area contributed by atoms with Crippen LogP contribution < -0.4 is 0 Å². The van der Waals surface area contributed by atoms with Crippen LogP contribution in [0.5, 0.6) is 5.75 Å². The van der Waals surface area contributed by atoms with E-state index in [1.807, 2.05) is 0 Å². The number of phenols is 1. The van der Waals surface area contributed by atoms with Gasteiger partial charge in [0.25, 0.3) is 0 Å². The number of rotatable bonds is 2. The van der Waals surface area contributed by atoms with E-state index in [1.165, 1.54) is 24.3 Å². The number of carbonyl (C=O) groups is 2. The number of esters is 1. The first-order chi connectivity index (χ1) is 8.16.